The fourth-order valence-corrected chi connectivity index (χ4v) is 2.62. The second-order valence-electron chi connectivity index (χ2n) is 4.75. The van der Waals surface area contributed by atoms with Crippen LogP contribution in [0.1, 0.15) is 52.4 Å². The molecule has 0 spiro atoms. The molecule has 0 bridgehead atoms. The van der Waals surface area contributed by atoms with Crippen molar-refractivity contribution in [2.24, 2.45) is 11.8 Å². The van der Waals surface area contributed by atoms with Crippen molar-refractivity contribution in [2.45, 2.75) is 58.5 Å². The van der Waals surface area contributed by atoms with Crippen LogP contribution in [0.5, 0.6) is 0 Å². The van der Waals surface area contributed by atoms with Crippen LogP contribution < -0.4 is 0 Å². The number of aliphatic hydroxyl groups excluding tert-OH is 1. The maximum atomic E-state index is 9.90. The van der Waals surface area contributed by atoms with Crippen LogP contribution >= 0.6 is 0 Å². The smallest absolute Gasteiger partial charge is 0.0568 e. The van der Waals surface area contributed by atoms with Gasteiger partial charge in [0.1, 0.15) is 0 Å². The molecule has 0 aromatic carbocycles. The normalized spacial score (nSPS) is 31.8. The van der Waals surface area contributed by atoms with Gasteiger partial charge in [0.25, 0.3) is 0 Å². The molecule has 1 fully saturated rings. The van der Waals surface area contributed by atoms with Crippen LogP contribution in [0, 0.1) is 11.8 Å². The Kier molecular flexibility index (Phi) is 6.26. The van der Waals surface area contributed by atoms with Crippen molar-refractivity contribution in [2.75, 3.05) is 13.2 Å². The summed E-state index contributed by atoms with van der Waals surface area (Å²) in [6.45, 7) is 5.96. The second kappa shape index (κ2) is 7.24. The van der Waals surface area contributed by atoms with Gasteiger partial charge < -0.3 is 9.84 Å². The van der Waals surface area contributed by atoms with Crippen LogP contribution in [-0.4, -0.2) is 24.4 Å². The molecule has 0 amide bonds. The average molecular weight is 214 g/mol. The van der Waals surface area contributed by atoms with Gasteiger partial charge in [-0.15, -0.1) is 0 Å². The summed E-state index contributed by atoms with van der Waals surface area (Å²) in [6, 6.07) is 0. The largest absolute Gasteiger partial charge is 0.393 e. The van der Waals surface area contributed by atoms with E-state index in [1.165, 1.54) is 19.3 Å². The lowest BCUT2D eigenvalue weighted by Gasteiger charge is -2.33. The van der Waals surface area contributed by atoms with Gasteiger partial charge in [-0.05, 0) is 50.9 Å². The molecule has 1 aliphatic carbocycles. The van der Waals surface area contributed by atoms with E-state index in [4.69, 9.17) is 4.74 Å². The Morgan fingerprint density at radius 2 is 2.07 bits per heavy atom. The number of rotatable bonds is 6. The molecule has 0 aromatic rings. The van der Waals surface area contributed by atoms with Crippen LogP contribution in [0.3, 0.4) is 0 Å². The zero-order valence-electron chi connectivity index (χ0n) is 10.2. The molecular weight excluding hydrogens is 188 g/mol. The minimum absolute atomic E-state index is 0.0468. The summed E-state index contributed by atoms with van der Waals surface area (Å²) < 4.78 is 5.33. The van der Waals surface area contributed by atoms with E-state index in [9.17, 15) is 5.11 Å². The van der Waals surface area contributed by atoms with Crippen LogP contribution in [0.4, 0.5) is 0 Å². The number of ether oxygens (including phenoxy) is 1. The van der Waals surface area contributed by atoms with E-state index >= 15 is 0 Å². The van der Waals surface area contributed by atoms with Gasteiger partial charge >= 0.3 is 0 Å². The first-order chi connectivity index (χ1) is 7.27. The van der Waals surface area contributed by atoms with Crippen LogP contribution in [-0.2, 0) is 4.74 Å². The lowest BCUT2D eigenvalue weighted by atomic mass is 9.76. The first kappa shape index (κ1) is 13.0. The zero-order chi connectivity index (χ0) is 11.1. The van der Waals surface area contributed by atoms with Gasteiger partial charge in [0.15, 0.2) is 0 Å². The molecule has 90 valence electrons. The maximum Gasteiger partial charge on any atom is 0.0568 e. The van der Waals surface area contributed by atoms with Gasteiger partial charge in [-0.1, -0.05) is 13.3 Å². The second-order valence-corrected chi connectivity index (χ2v) is 4.75. The van der Waals surface area contributed by atoms with Crippen molar-refractivity contribution in [3.05, 3.63) is 0 Å². The predicted molar refractivity (Wildman–Crippen MR) is 62.9 cm³/mol. The first-order valence-corrected chi connectivity index (χ1v) is 6.53. The minimum atomic E-state index is -0.0468. The van der Waals surface area contributed by atoms with Crippen molar-refractivity contribution in [3.63, 3.8) is 0 Å². The molecule has 1 aliphatic rings. The van der Waals surface area contributed by atoms with Crippen molar-refractivity contribution < 1.29 is 9.84 Å². The topological polar surface area (TPSA) is 29.5 Å². The SMILES string of the molecule is CCOCCCC1CC(CC)CCC1O. The molecule has 0 aliphatic heterocycles. The lowest BCUT2D eigenvalue weighted by Crippen LogP contribution is -2.29. The van der Waals surface area contributed by atoms with Gasteiger partial charge in [-0.25, -0.2) is 0 Å². The fraction of sp³-hybridized carbons (Fsp3) is 1.00. The molecule has 0 radical (unpaired) electrons. The van der Waals surface area contributed by atoms with Crippen LogP contribution in [0.15, 0.2) is 0 Å². The lowest BCUT2D eigenvalue weighted by molar-refractivity contribution is 0.0364. The van der Waals surface area contributed by atoms with Crippen LogP contribution in [0.2, 0.25) is 0 Å². The molecule has 1 rings (SSSR count). The monoisotopic (exact) mass is 214 g/mol. The van der Waals surface area contributed by atoms with Crippen molar-refractivity contribution in [3.8, 4) is 0 Å². The highest BCUT2D eigenvalue weighted by Gasteiger charge is 2.27. The molecule has 15 heavy (non-hydrogen) atoms. The van der Waals surface area contributed by atoms with E-state index in [-0.39, 0.29) is 6.10 Å². The molecule has 2 heteroatoms. The summed E-state index contributed by atoms with van der Waals surface area (Å²) in [4.78, 5) is 0. The molecule has 1 saturated carbocycles. The Hall–Kier alpha value is -0.0800. The summed E-state index contributed by atoms with van der Waals surface area (Å²) in [5, 5.41) is 9.90. The highest BCUT2D eigenvalue weighted by atomic mass is 16.5. The quantitative estimate of drug-likeness (QED) is 0.689. The molecule has 0 heterocycles. The van der Waals surface area contributed by atoms with Crippen molar-refractivity contribution >= 4 is 0 Å². The number of aliphatic hydroxyl groups is 1. The number of hydrogen-bond donors (Lipinski definition) is 1. The predicted octanol–water partition coefficient (Wildman–Crippen LogP) is 2.99. The van der Waals surface area contributed by atoms with E-state index < -0.39 is 0 Å². The molecule has 0 saturated heterocycles. The third-order valence-electron chi connectivity index (χ3n) is 3.70. The van der Waals surface area contributed by atoms with Gasteiger partial charge in [-0.2, -0.15) is 0 Å². The Morgan fingerprint density at radius 1 is 1.27 bits per heavy atom. The van der Waals surface area contributed by atoms with E-state index in [0.717, 1.165) is 38.4 Å². The van der Waals surface area contributed by atoms with Crippen molar-refractivity contribution in [1.82, 2.24) is 0 Å². The van der Waals surface area contributed by atoms with E-state index in [0.29, 0.717) is 5.92 Å². The zero-order valence-corrected chi connectivity index (χ0v) is 10.2. The third-order valence-corrected chi connectivity index (χ3v) is 3.70. The van der Waals surface area contributed by atoms with Gasteiger partial charge in [0.2, 0.25) is 0 Å². The molecule has 2 nitrogen and oxygen atoms in total. The molecule has 3 unspecified atom stereocenters. The highest BCUT2D eigenvalue weighted by Crippen LogP contribution is 2.33. The Morgan fingerprint density at radius 3 is 2.73 bits per heavy atom. The van der Waals surface area contributed by atoms with Crippen molar-refractivity contribution in [1.29, 1.82) is 0 Å². The maximum absolute atomic E-state index is 9.90. The van der Waals surface area contributed by atoms with Gasteiger partial charge in [-0.3, -0.25) is 0 Å². The molecule has 1 N–H and O–H groups in total. The summed E-state index contributed by atoms with van der Waals surface area (Å²) in [7, 11) is 0. The molecule has 3 atom stereocenters. The first-order valence-electron chi connectivity index (χ1n) is 6.53. The fourth-order valence-electron chi connectivity index (χ4n) is 2.62. The average Bonchev–Trinajstić information content (AvgIpc) is 2.26. The summed E-state index contributed by atoms with van der Waals surface area (Å²) in [5.41, 5.74) is 0. The Bertz CT molecular complexity index is 159. The Balaban J connectivity index is 2.19. The standard InChI is InChI=1S/C13H26O2/c1-3-11-7-8-13(14)12(10-11)6-5-9-15-4-2/h11-14H,3-10H2,1-2H3. The van der Waals surface area contributed by atoms with Gasteiger partial charge in [0, 0.05) is 13.2 Å². The molecular formula is C13H26O2. The van der Waals surface area contributed by atoms with E-state index in [1.54, 1.807) is 0 Å². The van der Waals surface area contributed by atoms with Crippen LogP contribution in [0.25, 0.3) is 0 Å². The van der Waals surface area contributed by atoms with E-state index in [1.807, 2.05) is 6.92 Å². The highest BCUT2D eigenvalue weighted by molar-refractivity contribution is 4.79. The van der Waals surface area contributed by atoms with E-state index in [2.05, 4.69) is 6.92 Å². The summed E-state index contributed by atoms with van der Waals surface area (Å²) in [5.74, 6) is 1.38. The summed E-state index contributed by atoms with van der Waals surface area (Å²) >= 11 is 0. The summed E-state index contributed by atoms with van der Waals surface area (Å²) in [6.07, 6.45) is 6.92. The minimum Gasteiger partial charge on any atom is -0.393 e. The number of hydrogen-bond acceptors (Lipinski definition) is 2. The third kappa shape index (κ3) is 4.52. The van der Waals surface area contributed by atoms with Gasteiger partial charge in [0.05, 0.1) is 6.10 Å². The molecule has 0 aromatic heterocycles. The Labute approximate surface area is 94.0 Å².